The molecule has 3 aromatic carbocycles. The molecule has 60 heavy (non-hydrogen) atoms. The number of pyridine rings is 3. The number of hydrogen-bond acceptors (Lipinski definition) is 5. The summed E-state index contributed by atoms with van der Waals surface area (Å²) in [4.78, 5) is 20.2. The molecule has 0 aliphatic heterocycles. The zero-order valence-electron chi connectivity index (χ0n) is 36.6. The number of imidazole rings is 1. The minimum absolute atomic E-state index is 0. The van der Waals surface area contributed by atoms with Gasteiger partial charge in [0.15, 0.2) is 0 Å². The van der Waals surface area contributed by atoms with Crippen molar-refractivity contribution in [3.05, 3.63) is 130 Å². The van der Waals surface area contributed by atoms with Crippen LogP contribution in [0.5, 0.6) is 0 Å². The summed E-state index contributed by atoms with van der Waals surface area (Å²) in [6.45, 7) is 19.6. The van der Waals surface area contributed by atoms with Gasteiger partial charge in [-0.05, 0) is 71.5 Å². The first kappa shape index (κ1) is 45.4. The van der Waals surface area contributed by atoms with Crippen molar-refractivity contribution >= 4 is 60.3 Å². The van der Waals surface area contributed by atoms with E-state index < -0.39 is 24.9 Å². The Morgan fingerprint density at radius 1 is 0.817 bits per heavy atom. The van der Waals surface area contributed by atoms with Crippen molar-refractivity contribution in [3.63, 3.8) is 0 Å². The molecule has 0 atom stereocenters. The number of rotatable bonds is 8. The van der Waals surface area contributed by atoms with E-state index in [1.54, 1.807) is 11.3 Å². The number of aryl methyl sites for hydroxylation is 3. The number of aromatic nitrogens is 5. The van der Waals surface area contributed by atoms with Gasteiger partial charge >= 0.3 is 134 Å². The summed E-state index contributed by atoms with van der Waals surface area (Å²) in [5, 5.41) is 2.44. The van der Waals surface area contributed by atoms with E-state index in [4.69, 9.17) is 9.97 Å². The molecule has 0 fully saturated rings. The van der Waals surface area contributed by atoms with Crippen molar-refractivity contribution in [2.45, 2.75) is 97.8 Å². The van der Waals surface area contributed by atoms with Crippen LogP contribution >= 0.6 is 11.3 Å². The smallest absolute Gasteiger partial charge is 0.114 e. The first-order valence-electron chi connectivity index (χ1n) is 20.5. The maximum absolute atomic E-state index is 14.0. The molecule has 10 heteroatoms. The van der Waals surface area contributed by atoms with Crippen molar-refractivity contribution in [2.24, 2.45) is 5.92 Å². The minimum Gasteiger partial charge on any atom is -0.331 e. The molecule has 0 saturated heterocycles. The molecule has 8 aromatic rings. The largest absolute Gasteiger partial charge is 0.331 e. The molecular weight excluding hydrogens is 1010 g/mol. The molecule has 0 spiro atoms. The summed E-state index contributed by atoms with van der Waals surface area (Å²) >= 11 is -0.329. The Kier molecular flexibility index (Phi) is 13.7. The van der Waals surface area contributed by atoms with Gasteiger partial charge in [-0.15, -0.1) is 35.1 Å². The Bertz CT molecular complexity index is 2830. The third kappa shape index (κ3) is 9.20. The van der Waals surface area contributed by atoms with Crippen LogP contribution in [0, 0.1) is 50.5 Å². The SMILES string of the molecule is CC(C)Cc1cc(-c2[c-]cc(F)cc2F)nc[c]1[Ge]([CH3])([CH3])[CH3].Cc1cc2nc(-c3[c-]c4sc5nc(C)cc(C)c5c4cc3)n(-c3c(C(C)C)cccc3C(C)C)c2cn1.[Ir]. The fraction of sp³-hybridized carbons (Fsp3) is 0.320. The Hall–Kier alpha value is -4.15. The number of thiophene rings is 1. The number of hydrogen-bond donors (Lipinski definition) is 0. The molecule has 0 amide bonds. The summed E-state index contributed by atoms with van der Waals surface area (Å²) in [6, 6.07) is 25.7. The molecule has 1 radical (unpaired) electrons. The maximum atomic E-state index is 14.0. The summed E-state index contributed by atoms with van der Waals surface area (Å²) in [5.74, 6) is 7.88. The van der Waals surface area contributed by atoms with E-state index in [-0.39, 0.29) is 25.7 Å². The topological polar surface area (TPSA) is 56.5 Å². The predicted molar refractivity (Wildman–Crippen MR) is 246 cm³/mol. The van der Waals surface area contributed by atoms with E-state index in [1.165, 1.54) is 43.1 Å². The fourth-order valence-electron chi connectivity index (χ4n) is 8.00. The molecule has 5 aromatic heterocycles. The zero-order valence-corrected chi connectivity index (χ0v) is 41.9. The van der Waals surface area contributed by atoms with Crippen LogP contribution in [0.2, 0.25) is 17.3 Å². The Morgan fingerprint density at radius 2 is 1.52 bits per heavy atom. The van der Waals surface area contributed by atoms with Crippen LogP contribution in [0.15, 0.2) is 73.1 Å². The van der Waals surface area contributed by atoms with E-state index in [0.29, 0.717) is 23.4 Å². The van der Waals surface area contributed by atoms with Gasteiger partial charge in [-0.25, -0.2) is 4.98 Å². The molecule has 0 unspecified atom stereocenters. The molecular formula is C50H53F2GeIrN5S-2. The number of para-hydroxylation sites is 1. The van der Waals surface area contributed by atoms with Crippen molar-refractivity contribution < 1.29 is 28.9 Å². The molecule has 0 aliphatic rings. The fourth-order valence-corrected chi connectivity index (χ4v) is 12.5. The maximum Gasteiger partial charge on any atom is 0.114 e. The standard InChI is InChI=1S/C32H31N4S.C18H22F2GeN.Ir/c1-17(2)23-9-8-10-24(18(3)4)30(23)36-27-16-33-20(6)14-26(27)35-31(36)22-11-12-25-28(15-22)37-32-29(25)19(5)13-21(7)34-32;1-12(2)8-13-9-18(22-11-17(13)21(3,4)5)15-7-6-14(19)10-16(15)20;/h8-14,16-18H,1-7H3;6,9-12H,8H2,1-5H3;/q2*-1;. The molecule has 313 valence electrons. The third-order valence-electron chi connectivity index (χ3n) is 10.7. The summed E-state index contributed by atoms with van der Waals surface area (Å²) in [5.41, 5.74) is 12.1. The molecule has 0 aliphatic carbocycles. The summed E-state index contributed by atoms with van der Waals surface area (Å²) in [6.07, 6.45) is 4.80. The van der Waals surface area contributed by atoms with Gasteiger partial charge in [0.25, 0.3) is 0 Å². The van der Waals surface area contributed by atoms with Crippen LogP contribution in [0.25, 0.3) is 59.7 Å². The molecule has 5 heterocycles. The summed E-state index contributed by atoms with van der Waals surface area (Å²) in [7, 11) is 0. The van der Waals surface area contributed by atoms with E-state index in [1.807, 2.05) is 25.4 Å². The van der Waals surface area contributed by atoms with Gasteiger partial charge in [-0.2, -0.15) is 0 Å². The summed E-state index contributed by atoms with van der Waals surface area (Å²) < 4.78 is 31.8. The Balaban J connectivity index is 0.000000226. The number of nitrogens with zero attached hydrogens (tertiary/aromatic N) is 5. The van der Waals surface area contributed by atoms with Gasteiger partial charge in [0.1, 0.15) is 4.83 Å². The van der Waals surface area contributed by atoms with Crippen LogP contribution in [0.3, 0.4) is 0 Å². The molecule has 0 saturated carbocycles. The third-order valence-corrected chi connectivity index (χ3v) is 16.1. The van der Waals surface area contributed by atoms with Crippen LogP contribution in [-0.4, -0.2) is 37.8 Å². The molecule has 8 rings (SSSR count). The minimum atomic E-state index is -2.04. The van der Waals surface area contributed by atoms with Crippen LogP contribution in [0.1, 0.15) is 87.0 Å². The van der Waals surface area contributed by atoms with Crippen LogP contribution < -0.4 is 4.40 Å². The van der Waals surface area contributed by atoms with Crippen molar-refractivity contribution in [2.75, 3.05) is 0 Å². The number of benzene rings is 3. The van der Waals surface area contributed by atoms with Gasteiger partial charge in [-0.3, -0.25) is 9.97 Å². The van der Waals surface area contributed by atoms with Gasteiger partial charge in [0, 0.05) is 37.2 Å². The Morgan fingerprint density at radius 3 is 2.15 bits per heavy atom. The first-order chi connectivity index (χ1) is 27.9. The van der Waals surface area contributed by atoms with Crippen molar-refractivity contribution in [3.8, 4) is 28.3 Å². The molecule has 0 N–H and O–H groups in total. The molecule has 0 bridgehead atoms. The monoisotopic (exact) mass is 1060 g/mol. The van der Waals surface area contributed by atoms with E-state index in [0.717, 1.165) is 61.9 Å². The number of halogens is 2. The second-order valence-corrected chi connectivity index (χ2v) is 29.3. The van der Waals surface area contributed by atoms with E-state index in [2.05, 4.69) is 142 Å². The quantitative estimate of drug-likeness (QED) is 0.112. The van der Waals surface area contributed by atoms with Crippen molar-refractivity contribution in [1.29, 1.82) is 0 Å². The Labute approximate surface area is 373 Å². The first-order valence-corrected chi connectivity index (χ1v) is 28.6. The average Bonchev–Trinajstić information content (AvgIpc) is 3.71. The van der Waals surface area contributed by atoms with Crippen LogP contribution in [-0.2, 0) is 26.5 Å². The van der Waals surface area contributed by atoms with Gasteiger partial charge < -0.3 is 4.57 Å². The van der Waals surface area contributed by atoms with Crippen LogP contribution in [0.4, 0.5) is 8.78 Å². The predicted octanol–water partition coefficient (Wildman–Crippen LogP) is 13.4. The number of fused-ring (bicyclic) bond motifs is 4. The second kappa shape index (κ2) is 18.1. The van der Waals surface area contributed by atoms with E-state index in [9.17, 15) is 8.78 Å². The van der Waals surface area contributed by atoms with E-state index >= 15 is 0 Å². The second-order valence-electron chi connectivity index (χ2n) is 17.8. The molecule has 5 nitrogen and oxygen atoms in total. The van der Waals surface area contributed by atoms with Gasteiger partial charge in [0.05, 0.1) is 23.1 Å². The zero-order chi connectivity index (χ0) is 42.5. The average molecular weight is 1060 g/mol. The normalized spacial score (nSPS) is 11.9. The van der Waals surface area contributed by atoms with Gasteiger partial charge in [-0.1, -0.05) is 51.3 Å². The van der Waals surface area contributed by atoms with Crippen molar-refractivity contribution in [1.82, 2.24) is 24.5 Å². The van der Waals surface area contributed by atoms with Gasteiger partial charge in [0.2, 0.25) is 0 Å².